The van der Waals surface area contributed by atoms with Gasteiger partial charge in [-0.25, -0.2) is 4.68 Å². The number of nitrogens with zero attached hydrogens (tertiary/aromatic N) is 5. The van der Waals surface area contributed by atoms with E-state index in [-0.39, 0.29) is 28.7 Å². The van der Waals surface area contributed by atoms with Gasteiger partial charge in [-0.05, 0) is 70.7 Å². The molecule has 1 saturated heterocycles. The second kappa shape index (κ2) is 6.31. The van der Waals surface area contributed by atoms with Crippen molar-refractivity contribution in [2.45, 2.75) is 70.5 Å². The van der Waals surface area contributed by atoms with E-state index in [2.05, 4.69) is 53.5 Å². The highest BCUT2D eigenvalue weighted by molar-refractivity contribution is 6.01. The molecule has 5 rings (SSSR count). The van der Waals surface area contributed by atoms with Crippen LogP contribution in [0.1, 0.15) is 68.9 Å². The van der Waals surface area contributed by atoms with Crippen LogP contribution in [0.4, 0.5) is 0 Å². The van der Waals surface area contributed by atoms with E-state index in [4.69, 9.17) is 0 Å². The summed E-state index contributed by atoms with van der Waals surface area (Å²) >= 11 is 0. The number of aromatic hydroxyl groups is 1. The third-order valence-electron chi connectivity index (χ3n) is 6.15. The molecule has 0 radical (unpaired) electrons. The quantitative estimate of drug-likeness (QED) is 0.673. The molecule has 1 fully saturated rings. The smallest absolute Gasteiger partial charge is 0.201 e. The van der Waals surface area contributed by atoms with Crippen molar-refractivity contribution in [1.29, 1.82) is 0 Å². The zero-order chi connectivity index (χ0) is 21.3. The molecule has 8 heteroatoms. The fourth-order valence-electron chi connectivity index (χ4n) is 5.26. The average molecular weight is 406 g/mol. The topological polar surface area (TPSA) is 106 Å². The first-order valence-corrected chi connectivity index (χ1v) is 10.4. The number of ketones is 1. The number of nitrogens with one attached hydrogen (secondary N) is 1. The van der Waals surface area contributed by atoms with Gasteiger partial charge in [-0.15, -0.1) is 15.3 Å². The Hall–Kier alpha value is -2.87. The summed E-state index contributed by atoms with van der Waals surface area (Å²) < 4.78 is 1.89. The van der Waals surface area contributed by atoms with Crippen molar-refractivity contribution in [2.24, 2.45) is 0 Å². The van der Waals surface area contributed by atoms with Crippen molar-refractivity contribution in [3.63, 3.8) is 0 Å². The average Bonchev–Trinajstić information content (AvgIpc) is 3.22. The summed E-state index contributed by atoms with van der Waals surface area (Å²) in [5, 5.41) is 31.7. The van der Waals surface area contributed by atoms with Crippen molar-refractivity contribution in [3.05, 3.63) is 29.3 Å². The minimum absolute atomic E-state index is 0.0221. The Labute approximate surface area is 174 Å². The van der Waals surface area contributed by atoms with E-state index < -0.39 is 0 Å². The Balaban J connectivity index is 1.53. The Morgan fingerprint density at radius 3 is 2.47 bits per heavy atom. The summed E-state index contributed by atoms with van der Waals surface area (Å²) in [5.41, 5.74) is 3.89. The van der Waals surface area contributed by atoms with Crippen molar-refractivity contribution >= 4 is 16.9 Å². The molecule has 3 heterocycles. The number of phenols is 1. The van der Waals surface area contributed by atoms with Gasteiger partial charge in [0, 0.05) is 28.6 Å². The van der Waals surface area contributed by atoms with Crippen LogP contribution in [0, 0.1) is 0 Å². The molecule has 0 atom stereocenters. The van der Waals surface area contributed by atoms with Gasteiger partial charge < -0.3 is 10.4 Å². The highest BCUT2D eigenvalue weighted by Gasteiger charge is 2.39. The summed E-state index contributed by atoms with van der Waals surface area (Å²) in [6.45, 7) is 8.80. The van der Waals surface area contributed by atoms with Gasteiger partial charge in [-0.3, -0.25) is 4.79 Å². The first-order valence-electron chi connectivity index (χ1n) is 10.4. The standard InChI is InChI=1S/C22H26N6O2/c1-21(2)10-13(11-22(3,4)26-21)28-20-17(24-27-28)9-16(23-25-20)15-7-12-5-6-18(29)14(12)8-19(15)30/h7-9,13,26,30H,5-6,10-11H2,1-4H3. The summed E-state index contributed by atoms with van der Waals surface area (Å²) in [7, 11) is 0. The van der Waals surface area contributed by atoms with E-state index in [1.165, 1.54) is 0 Å². The number of hydrogen-bond acceptors (Lipinski definition) is 7. The number of carbonyl (C=O) groups excluding carboxylic acids is 1. The predicted molar refractivity (Wildman–Crippen MR) is 112 cm³/mol. The van der Waals surface area contributed by atoms with Crippen LogP contribution in [0.25, 0.3) is 22.4 Å². The maximum Gasteiger partial charge on any atom is 0.201 e. The minimum atomic E-state index is -0.0221. The van der Waals surface area contributed by atoms with Crippen LogP contribution in [-0.2, 0) is 6.42 Å². The number of aryl methyl sites for hydroxylation is 1. The lowest BCUT2D eigenvalue weighted by Gasteiger charge is -2.46. The molecule has 2 aliphatic rings. The molecule has 2 N–H and O–H groups in total. The Morgan fingerprint density at radius 1 is 1.00 bits per heavy atom. The number of hydrogen-bond donors (Lipinski definition) is 2. The van der Waals surface area contributed by atoms with Crippen LogP contribution < -0.4 is 5.32 Å². The maximum atomic E-state index is 11.9. The fraction of sp³-hybridized carbons (Fsp3) is 0.500. The number of Topliss-reactive ketones (excluding diaryl/α,β-unsaturated/α-hetero) is 1. The highest BCUT2D eigenvalue weighted by atomic mass is 16.3. The summed E-state index contributed by atoms with van der Waals surface area (Å²) in [6, 6.07) is 5.36. The van der Waals surface area contributed by atoms with E-state index in [0.717, 1.165) is 18.4 Å². The molecule has 1 aliphatic carbocycles. The van der Waals surface area contributed by atoms with Crippen LogP contribution in [0.5, 0.6) is 5.75 Å². The number of benzene rings is 1. The lowest BCUT2D eigenvalue weighted by Crippen LogP contribution is -2.58. The number of piperidine rings is 1. The second-order valence-electron chi connectivity index (χ2n) is 9.88. The SMILES string of the molecule is CC1(C)CC(n2nnc3cc(-c4cc5c(cc4O)C(=O)CC5)nnc32)CC(C)(C)N1. The van der Waals surface area contributed by atoms with E-state index >= 15 is 0 Å². The Morgan fingerprint density at radius 2 is 1.73 bits per heavy atom. The largest absolute Gasteiger partial charge is 0.507 e. The monoisotopic (exact) mass is 406 g/mol. The predicted octanol–water partition coefficient (Wildman–Crippen LogP) is 3.20. The molecule has 8 nitrogen and oxygen atoms in total. The molecule has 0 spiro atoms. The summed E-state index contributed by atoms with van der Waals surface area (Å²) in [4.78, 5) is 11.9. The zero-order valence-electron chi connectivity index (χ0n) is 17.7. The zero-order valence-corrected chi connectivity index (χ0v) is 17.7. The van der Waals surface area contributed by atoms with Crippen LogP contribution in [-0.4, -0.2) is 47.2 Å². The number of phenolic OH excluding ortho intramolecular Hbond substituents is 1. The first-order chi connectivity index (χ1) is 14.1. The van der Waals surface area contributed by atoms with Crippen LogP contribution in [0.15, 0.2) is 18.2 Å². The molecule has 2 aromatic heterocycles. The molecule has 1 aliphatic heterocycles. The van der Waals surface area contributed by atoms with Gasteiger partial charge in [0.15, 0.2) is 5.78 Å². The van der Waals surface area contributed by atoms with Gasteiger partial charge in [0.2, 0.25) is 5.65 Å². The summed E-state index contributed by atoms with van der Waals surface area (Å²) in [6.07, 6.45) is 3.00. The van der Waals surface area contributed by atoms with Gasteiger partial charge in [-0.1, -0.05) is 5.21 Å². The third-order valence-corrected chi connectivity index (χ3v) is 6.15. The third kappa shape index (κ3) is 3.15. The van der Waals surface area contributed by atoms with Gasteiger partial charge in [0.25, 0.3) is 0 Å². The lowest BCUT2D eigenvalue weighted by atomic mass is 9.80. The Kier molecular flexibility index (Phi) is 4.02. The first kappa shape index (κ1) is 19.1. The van der Waals surface area contributed by atoms with Gasteiger partial charge in [0.05, 0.1) is 11.7 Å². The van der Waals surface area contributed by atoms with Crippen molar-refractivity contribution in [1.82, 2.24) is 30.5 Å². The number of carbonyl (C=O) groups is 1. The normalized spacial score (nSPS) is 20.6. The van der Waals surface area contributed by atoms with E-state index in [1.807, 2.05) is 10.7 Å². The van der Waals surface area contributed by atoms with Crippen molar-refractivity contribution in [2.75, 3.05) is 0 Å². The van der Waals surface area contributed by atoms with E-state index in [0.29, 0.717) is 40.8 Å². The molecule has 0 unspecified atom stereocenters. The minimum Gasteiger partial charge on any atom is -0.507 e. The molecular weight excluding hydrogens is 380 g/mol. The lowest BCUT2D eigenvalue weighted by molar-refractivity contribution is 0.0994. The summed E-state index contributed by atoms with van der Waals surface area (Å²) in [5.74, 6) is 0.107. The van der Waals surface area contributed by atoms with E-state index in [1.54, 1.807) is 12.1 Å². The van der Waals surface area contributed by atoms with Gasteiger partial charge in [-0.2, -0.15) is 0 Å². The van der Waals surface area contributed by atoms with Crippen LogP contribution >= 0.6 is 0 Å². The fourth-order valence-corrected chi connectivity index (χ4v) is 5.26. The van der Waals surface area contributed by atoms with Gasteiger partial charge >= 0.3 is 0 Å². The molecule has 156 valence electrons. The molecular formula is C22H26N6O2. The molecule has 0 amide bonds. The molecule has 0 saturated carbocycles. The maximum absolute atomic E-state index is 11.9. The highest BCUT2D eigenvalue weighted by Crippen LogP contribution is 2.38. The van der Waals surface area contributed by atoms with Crippen molar-refractivity contribution in [3.8, 4) is 17.0 Å². The number of fused-ring (bicyclic) bond motifs is 2. The van der Waals surface area contributed by atoms with Crippen LogP contribution in [0.3, 0.4) is 0 Å². The molecule has 0 bridgehead atoms. The Bertz CT molecular complexity index is 1160. The second-order valence-corrected chi connectivity index (χ2v) is 9.88. The molecule has 3 aromatic rings. The van der Waals surface area contributed by atoms with Crippen molar-refractivity contribution < 1.29 is 9.90 Å². The molecule has 30 heavy (non-hydrogen) atoms. The molecule has 1 aromatic carbocycles. The van der Waals surface area contributed by atoms with Gasteiger partial charge in [0.1, 0.15) is 11.3 Å². The van der Waals surface area contributed by atoms with E-state index in [9.17, 15) is 9.90 Å². The number of aromatic nitrogens is 5. The number of rotatable bonds is 2. The van der Waals surface area contributed by atoms with Crippen LogP contribution in [0.2, 0.25) is 0 Å².